The number of halogens is 3. The van der Waals surface area contributed by atoms with Gasteiger partial charge in [-0.3, -0.25) is 4.79 Å². The number of pyridine rings is 1. The normalized spacial score (nSPS) is 17.1. The highest BCUT2D eigenvalue weighted by Gasteiger charge is 2.28. The van der Waals surface area contributed by atoms with Gasteiger partial charge in [-0.2, -0.15) is 0 Å². The predicted molar refractivity (Wildman–Crippen MR) is 86.5 cm³/mol. The Balaban J connectivity index is 1.68. The maximum atomic E-state index is 13.1. The number of carbonyl (C=O) groups is 1. The molecule has 2 heterocycles. The van der Waals surface area contributed by atoms with Crippen LogP contribution in [0.5, 0.6) is 5.75 Å². The quantitative estimate of drug-likeness (QED) is 0.862. The van der Waals surface area contributed by atoms with Crippen molar-refractivity contribution < 1.29 is 19.0 Å². The van der Waals surface area contributed by atoms with Crippen molar-refractivity contribution in [3.8, 4) is 5.75 Å². The van der Waals surface area contributed by atoms with Gasteiger partial charge >= 0.3 is 0 Å². The smallest absolute Gasteiger partial charge is 0.243 e. The average molecular weight is 372 g/mol. The fourth-order valence-electron chi connectivity index (χ4n) is 2.21. The number of carbonyl (C=O) groups excluding carboxylic acids is 1. The molecule has 1 aromatic heterocycles. The molecule has 1 aliphatic rings. The summed E-state index contributed by atoms with van der Waals surface area (Å²) in [6.07, 6.45) is 0.338. The predicted octanol–water partition coefficient (Wildman–Crippen LogP) is 2.32. The Morgan fingerprint density at radius 3 is 2.62 bits per heavy atom. The number of hydrogen-bond donors (Lipinski definition) is 2. The van der Waals surface area contributed by atoms with Crippen LogP contribution in [0.4, 0.5) is 10.2 Å². The van der Waals surface area contributed by atoms with E-state index in [1.165, 1.54) is 11.1 Å². The second-order valence-electron chi connectivity index (χ2n) is 5.06. The lowest BCUT2D eigenvalue weighted by Gasteiger charge is -2.19. The lowest BCUT2D eigenvalue weighted by molar-refractivity contribution is -0.119. The Labute approximate surface area is 146 Å². The summed E-state index contributed by atoms with van der Waals surface area (Å²) in [5.74, 6) is 0.0477. The lowest BCUT2D eigenvalue weighted by atomic mass is 10.2. The van der Waals surface area contributed by atoms with E-state index in [1.807, 2.05) is 0 Å². The molecule has 0 bridgehead atoms. The maximum absolute atomic E-state index is 13.1. The van der Waals surface area contributed by atoms with Crippen LogP contribution < -0.4 is 15.0 Å². The molecule has 0 saturated carbocycles. The fourth-order valence-corrected chi connectivity index (χ4v) is 2.78. The highest BCUT2D eigenvalue weighted by molar-refractivity contribution is 6.36. The third kappa shape index (κ3) is 3.53. The molecule has 1 aromatic carbocycles. The topological polar surface area (TPSA) is 74.7 Å². The first-order chi connectivity index (χ1) is 11.4. The van der Waals surface area contributed by atoms with Crippen LogP contribution in [0, 0.1) is 5.82 Å². The maximum Gasteiger partial charge on any atom is 0.243 e. The number of nitrogens with one attached hydrogen (secondary N) is 1. The number of aromatic nitrogens is 1. The molecule has 24 heavy (non-hydrogen) atoms. The number of ether oxygens (including phenoxy) is 1. The summed E-state index contributed by atoms with van der Waals surface area (Å²) in [5.41, 5.74) is 0.466. The van der Waals surface area contributed by atoms with E-state index >= 15 is 0 Å². The van der Waals surface area contributed by atoms with Crippen molar-refractivity contribution >= 4 is 34.9 Å². The van der Waals surface area contributed by atoms with E-state index in [-0.39, 0.29) is 29.1 Å². The molecule has 1 fully saturated rings. The van der Waals surface area contributed by atoms with Crippen molar-refractivity contribution in [3.05, 3.63) is 51.9 Å². The van der Waals surface area contributed by atoms with Crippen LogP contribution >= 0.6 is 23.2 Å². The van der Waals surface area contributed by atoms with Crippen LogP contribution in [0.3, 0.4) is 0 Å². The number of nitrogens with zero attached hydrogens (tertiary/aromatic N) is 2. The Morgan fingerprint density at radius 2 is 2.08 bits per heavy atom. The highest BCUT2D eigenvalue weighted by atomic mass is 35.5. The third-order valence-corrected chi connectivity index (χ3v) is 4.08. The SMILES string of the molecule is O=C1CN(c2ccc(OCc3c(Cl)cc(F)cc3Cl)cn2)C(O)N1. The molecule has 3 rings (SSSR count). The Kier molecular flexibility index (Phi) is 4.75. The van der Waals surface area contributed by atoms with Crippen molar-refractivity contribution in [2.45, 2.75) is 13.0 Å². The first-order valence-electron chi connectivity index (χ1n) is 6.90. The summed E-state index contributed by atoms with van der Waals surface area (Å²) in [5, 5.41) is 12.4. The van der Waals surface area contributed by atoms with Crippen molar-refractivity contribution in [1.29, 1.82) is 0 Å². The van der Waals surface area contributed by atoms with Crippen molar-refractivity contribution in [3.63, 3.8) is 0 Å². The summed E-state index contributed by atoms with van der Waals surface area (Å²) >= 11 is 11.9. The van der Waals surface area contributed by atoms with Crippen molar-refractivity contribution in [1.82, 2.24) is 10.3 Å². The molecular weight excluding hydrogens is 360 g/mol. The third-order valence-electron chi connectivity index (χ3n) is 3.40. The number of aliphatic hydroxyl groups is 1. The number of rotatable bonds is 4. The number of benzene rings is 1. The zero-order chi connectivity index (χ0) is 17.3. The molecule has 6 nitrogen and oxygen atoms in total. The van der Waals surface area contributed by atoms with Gasteiger partial charge < -0.3 is 20.1 Å². The molecule has 0 aliphatic carbocycles. The van der Waals surface area contributed by atoms with Gasteiger partial charge in [0.05, 0.1) is 16.2 Å². The van der Waals surface area contributed by atoms with Crippen LogP contribution in [0.1, 0.15) is 5.56 Å². The summed E-state index contributed by atoms with van der Waals surface area (Å²) in [6, 6.07) is 5.55. The van der Waals surface area contributed by atoms with E-state index in [0.717, 1.165) is 12.1 Å². The zero-order valence-corrected chi connectivity index (χ0v) is 13.7. The van der Waals surface area contributed by atoms with Gasteiger partial charge in [-0.25, -0.2) is 9.37 Å². The van der Waals surface area contributed by atoms with Gasteiger partial charge in [0.15, 0.2) is 0 Å². The monoisotopic (exact) mass is 371 g/mol. The summed E-state index contributed by atoms with van der Waals surface area (Å²) < 4.78 is 18.7. The zero-order valence-electron chi connectivity index (χ0n) is 12.2. The van der Waals surface area contributed by atoms with Crippen LogP contribution in [0.2, 0.25) is 10.0 Å². The number of anilines is 1. The van der Waals surface area contributed by atoms with Crippen molar-refractivity contribution in [2.24, 2.45) is 0 Å². The van der Waals surface area contributed by atoms with Crippen LogP contribution in [-0.2, 0) is 11.4 Å². The van der Waals surface area contributed by atoms with E-state index in [2.05, 4.69) is 10.3 Å². The average Bonchev–Trinajstić information content (AvgIpc) is 2.85. The Bertz CT molecular complexity index is 750. The molecule has 1 amide bonds. The molecule has 1 saturated heterocycles. The first kappa shape index (κ1) is 16.8. The molecular formula is C15H12Cl2FN3O3. The molecule has 2 N–H and O–H groups in total. The summed E-state index contributed by atoms with van der Waals surface area (Å²) in [4.78, 5) is 16.8. The summed E-state index contributed by atoms with van der Waals surface area (Å²) in [6.45, 7) is 0.0700. The van der Waals surface area contributed by atoms with Crippen LogP contribution in [-0.4, -0.2) is 28.9 Å². The number of hydrogen-bond acceptors (Lipinski definition) is 5. The fraction of sp³-hybridized carbons (Fsp3) is 0.200. The van der Waals surface area contributed by atoms with Crippen LogP contribution in [0.25, 0.3) is 0 Å². The first-order valence-corrected chi connectivity index (χ1v) is 7.66. The van der Waals surface area contributed by atoms with Crippen molar-refractivity contribution in [2.75, 3.05) is 11.4 Å². The van der Waals surface area contributed by atoms with Gasteiger partial charge in [-0.15, -0.1) is 0 Å². The lowest BCUT2D eigenvalue weighted by Crippen LogP contribution is -2.35. The van der Waals surface area contributed by atoms with Crippen LogP contribution in [0.15, 0.2) is 30.5 Å². The number of aliphatic hydroxyl groups excluding tert-OH is 1. The molecule has 1 atom stereocenters. The van der Waals surface area contributed by atoms with E-state index in [1.54, 1.807) is 12.1 Å². The van der Waals surface area contributed by atoms with Gasteiger partial charge in [-0.1, -0.05) is 23.2 Å². The summed E-state index contributed by atoms with van der Waals surface area (Å²) in [7, 11) is 0. The van der Waals surface area contributed by atoms with Gasteiger partial charge in [0.1, 0.15) is 30.5 Å². The minimum absolute atomic E-state index is 0.0230. The molecule has 9 heteroatoms. The molecule has 1 aliphatic heterocycles. The molecule has 126 valence electrons. The minimum atomic E-state index is -1.10. The van der Waals surface area contributed by atoms with E-state index < -0.39 is 12.2 Å². The second-order valence-corrected chi connectivity index (χ2v) is 5.87. The second kappa shape index (κ2) is 6.80. The van der Waals surface area contributed by atoms with E-state index in [0.29, 0.717) is 17.1 Å². The Morgan fingerprint density at radius 1 is 1.38 bits per heavy atom. The molecule has 2 aromatic rings. The molecule has 1 unspecified atom stereocenters. The molecule has 0 radical (unpaired) electrons. The van der Waals surface area contributed by atoms with Gasteiger partial charge in [0, 0.05) is 5.56 Å². The number of amides is 1. The van der Waals surface area contributed by atoms with E-state index in [4.69, 9.17) is 27.9 Å². The van der Waals surface area contributed by atoms with Gasteiger partial charge in [-0.05, 0) is 24.3 Å². The largest absolute Gasteiger partial charge is 0.487 e. The van der Waals surface area contributed by atoms with Gasteiger partial charge in [0.25, 0.3) is 0 Å². The standard InChI is InChI=1S/C15H12Cl2FN3O3/c16-11-3-8(18)4-12(17)10(11)7-24-9-1-2-13(19-5-9)21-6-14(22)20-15(21)23/h1-5,15,23H,6-7H2,(H,20,22). The van der Waals surface area contributed by atoms with E-state index in [9.17, 15) is 14.3 Å². The highest BCUT2D eigenvalue weighted by Crippen LogP contribution is 2.27. The minimum Gasteiger partial charge on any atom is -0.487 e. The Hall–Kier alpha value is -2.09. The molecule has 0 spiro atoms. The van der Waals surface area contributed by atoms with Gasteiger partial charge in [0.2, 0.25) is 12.3 Å².